The molecule has 1 heteroatoms. The van der Waals surface area contributed by atoms with Crippen LogP contribution < -0.4 is 0 Å². The van der Waals surface area contributed by atoms with Gasteiger partial charge in [-0.05, 0) is 20.6 Å². The summed E-state index contributed by atoms with van der Waals surface area (Å²) in [5.41, 5.74) is 0. The third kappa shape index (κ3) is 9.03. The molecule has 0 amide bonds. The summed E-state index contributed by atoms with van der Waals surface area (Å²) >= 11 is 0. The fourth-order valence-electron chi connectivity index (χ4n) is 0. The maximum atomic E-state index is 2.12. The van der Waals surface area contributed by atoms with Gasteiger partial charge in [-0.3, -0.25) is 0 Å². The number of hydrogen-bond donors (Lipinski definition) is 0. The minimum absolute atomic E-state index is 0. The van der Waals surface area contributed by atoms with Gasteiger partial charge in [0.25, 0.3) is 0 Å². The van der Waals surface area contributed by atoms with E-state index in [2.05, 4.69) is 25.9 Å². The molecule has 0 aromatic carbocycles. The highest BCUT2D eigenvalue weighted by Gasteiger charge is 1.72. The van der Waals surface area contributed by atoms with E-state index in [0.717, 1.165) is 6.54 Å². The second kappa shape index (κ2) is 4.96. The molecule has 0 spiro atoms. The van der Waals surface area contributed by atoms with E-state index in [1.165, 1.54) is 0 Å². The Hall–Kier alpha value is -0.0400. The molecule has 0 radical (unpaired) electrons. The van der Waals surface area contributed by atoms with Gasteiger partial charge in [-0.25, -0.2) is 0 Å². The van der Waals surface area contributed by atoms with Crippen molar-refractivity contribution in [3.05, 3.63) is 0 Å². The lowest BCUT2D eigenvalue weighted by molar-refractivity contribution is 0.434. The van der Waals surface area contributed by atoms with Crippen LogP contribution in [0.15, 0.2) is 0 Å². The molecule has 0 bridgehead atoms. The summed E-state index contributed by atoms with van der Waals surface area (Å²) < 4.78 is 0. The zero-order chi connectivity index (χ0) is 4.28. The summed E-state index contributed by atoms with van der Waals surface area (Å²) in [7, 11) is 4.11. The Morgan fingerprint density at radius 1 is 1.33 bits per heavy atom. The van der Waals surface area contributed by atoms with Crippen LogP contribution in [0, 0.1) is 0 Å². The molecule has 0 aliphatic heterocycles. The maximum Gasteiger partial charge on any atom is -0.00533 e. The first-order valence-electron chi connectivity index (χ1n) is 1.92. The van der Waals surface area contributed by atoms with Crippen LogP contribution in [-0.4, -0.2) is 25.5 Å². The summed E-state index contributed by atoms with van der Waals surface area (Å²) in [6, 6.07) is 0. The van der Waals surface area contributed by atoms with Crippen molar-refractivity contribution in [2.24, 2.45) is 0 Å². The van der Waals surface area contributed by atoms with Gasteiger partial charge in [0.1, 0.15) is 0 Å². The molecular formula is C5H15N. The van der Waals surface area contributed by atoms with E-state index in [9.17, 15) is 0 Å². The maximum absolute atomic E-state index is 2.12. The van der Waals surface area contributed by atoms with E-state index in [1.54, 1.807) is 0 Å². The second-order valence-electron chi connectivity index (χ2n) is 1.40. The Balaban J connectivity index is 0. The normalized spacial score (nSPS) is 8.00. The molecule has 0 saturated carbocycles. The van der Waals surface area contributed by atoms with Crippen molar-refractivity contribution in [2.75, 3.05) is 20.6 Å². The van der Waals surface area contributed by atoms with Gasteiger partial charge in [0.2, 0.25) is 0 Å². The first-order chi connectivity index (χ1) is 2.27. The first kappa shape index (κ1) is 9.35. The van der Waals surface area contributed by atoms with Gasteiger partial charge in [-0.15, -0.1) is 0 Å². The molecule has 0 rings (SSSR count). The lowest BCUT2D eigenvalue weighted by atomic mass is 10.7. The van der Waals surface area contributed by atoms with Crippen LogP contribution in [-0.2, 0) is 0 Å². The van der Waals surface area contributed by atoms with Crippen LogP contribution >= 0.6 is 0 Å². The average Bonchev–Trinajstić information content (AvgIpc) is 1.38. The van der Waals surface area contributed by atoms with Crippen LogP contribution in [0.25, 0.3) is 0 Å². The highest BCUT2D eigenvalue weighted by atomic mass is 15.0. The zero-order valence-electron chi connectivity index (χ0n) is 4.15. The fraction of sp³-hybridized carbons (Fsp3) is 1.00. The molecule has 0 aliphatic carbocycles. The van der Waals surface area contributed by atoms with E-state index < -0.39 is 0 Å². The monoisotopic (exact) mass is 89.1 g/mol. The Bertz CT molecular complexity index is 17.9. The Morgan fingerprint density at radius 2 is 1.50 bits per heavy atom. The quantitative estimate of drug-likeness (QED) is 0.466. The van der Waals surface area contributed by atoms with E-state index in [-0.39, 0.29) is 7.43 Å². The predicted molar refractivity (Wildman–Crippen MR) is 31.0 cm³/mol. The molecule has 0 aromatic rings. The lowest BCUT2D eigenvalue weighted by Crippen LogP contribution is -2.08. The van der Waals surface area contributed by atoms with Crippen molar-refractivity contribution in [2.45, 2.75) is 14.4 Å². The van der Waals surface area contributed by atoms with Crippen molar-refractivity contribution in [3.63, 3.8) is 0 Å². The third-order valence-corrected chi connectivity index (χ3v) is 0.632. The molecular weight excluding hydrogens is 74.1 g/mol. The molecule has 40 valence electrons. The zero-order valence-corrected chi connectivity index (χ0v) is 4.15. The topological polar surface area (TPSA) is 3.24 Å². The minimum atomic E-state index is 0. The molecule has 0 saturated heterocycles. The molecule has 0 aliphatic rings. The van der Waals surface area contributed by atoms with Gasteiger partial charge in [0.05, 0.1) is 0 Å². The largest absolute Gasteiger partial charge is 0.310 e. The van der Waals surface area contributed by atoms with E-state index in [0.29, 0.717) is 0 Å². The van der Waals surface area contributed by atoms with Crippen molar-refractivity contribution in [1.82, 2.24) is 4.90 Å². The van der Waals surface area contributed by atoms with Crippen LogP contribution in [0.5, 0.6) is 0 Å². The van der Waals surface area contributed by atoms with Gasteiger partial charge in [-0.2, -0.15) is 0 Å². The Morgan fingerprint density at radius 3 is 1.50 bits per heavy atom. The SMILES string of the molecule is C.CCN(C)C. The van der Waals surface area contributed by atoms with E-state index in [1.807, 2.05) is 0 Å². The first-order valence-corrected chi connectivity index (χ1v) is 1.92. The molecule has 0 aromatic heterocycles. The molecule has 0 N–H and O–H groups in total. The number of hydrogen-bond acceptors (Lipinski definition) is 1. The van der Waals surface area contributed by atoms with Crippen LogP contribution in [0.3, 0.4) is 0 Å². The van der Waals surface area contributed by atoms with Gasteiger partial charge in [0.15, 0.2) is 0 Å². The van der Waals surface area contributed by atoms with Crippen molar-refractivity contribution in [3.8, 4) is 0 Å². The van der Waals surface area contributed by atoms with Gasteiger partial charge < -0.3 is 4.90 Å². The van der Waals surface area contributed by atoms with Crippen LogP contribution in [0.2, 0.25) is 0 Å². The lowest BCUT2D eigenvalue weighted by Gasteiger charge is -2.00. The molecule has 0 heterocycles. The van der Waals surface area contributed by atoms with Gasteiger partial charge >= 0.3 is 0 Å². The third-order valence-electron chi connectivity index (χ3n) is 0.632. The van der Waals surface area contributed by atoms with Gasteiger partial charge in [0, 0.05) is 0 Å². The second-order valence-corrected chi connectivity index (χ2v) is 1.40. The van der Waals surface area contributed by atoms with E-state index >= 15 is 0 Å². The van der Waals surface area contributed by atoms with Crippen molar-refractivity contribution >= 4 is 0 Å². The molecule has 1 nitrogen and oxygen atoms in total. The highest BCUT2D eigenvalue weighted by Crippen LogP contribution is 1.63. The van der Waals surface area contributed by atoms with E-state index in [4.69, 9.17) is 0 Å². The highest BCUT2D eigenvalue weighted by molar-refractivity contribution is 4.25. The minimum Gasteiger partial charge on any atom is -0.310 e. The number of nitrogens with zero attached hydrogens (tertiary/aromatic N) is 1. The fourth-order valence-corrected chi connectivity index (χ4v) is 0. The van der Waals surface area contributed by atoms with Gasteiger partial charge in [-0.1, -0.05) is 14.4 Å². The summed E-state index contributed by atoms with van der Waals surface area (Å²) in [4.78, 5) is 2.12. The summed E-state index contributed by atoms with van der Waals surface area (Å²) in [5.74, 6) is 0. The van der Waals surface area contributed by atoms with Crippen LogP contribution in [0.4, 0.5) is 0 Å². The Labute approximate surface area is 41.0 Å². The molecule has 6 heavy (non-hydrogen) atoms. The number of rotatable bonds is 1. The van der Waals surface area contributed by atoms with Crippen molar-refractivity contribution in [1.29, 1.82) is 0 Å². The average molecular weight is 89.2 g/mol. The summed E-state index contributed by atoms with van der Waals surface area (Å²) in [6.07, 6.45) is 0. The summed E-state index contributed by atoms with van der Waals surface area (Å²) in [5, 5.41) is 0. The summed E-state index contributed by atoms with van der Waals surface area (Å²) in [6.45, 7) is 3.26. The molecule has 0 unspecified atom stereocenters. The predicted octanol–water partition coefficient (Wildman–Crippen LogP) is 1.20. The smallest absolute Gasteiger partial charge is 0.00533 e. The van der Waals surface area contributed by atoms with Crippen LogP contribution in [0.1, 0.15) is 14.4 Å². The molecule has 0 atom stereocenters. The van der Waals surface area contributed by atoms with Crippen molar-refractivity contribution < 1.29 is 0 Å². The molecule has 0 fully saturated rings. The standard InChI is InChI=1S/C4H11N.CH4/c1-4-5(2)3;/h4H2,1-3H3;1H4. The Kier molecular flexibility index (Phi) is 7.73.